The number of primary amides is 1. The van der Waals surface area contributed by atoms with Gasteiger partial charge in [-0.05, 0) is 114 Å². The van der Waals surface area contributed by atoms with Gasteiger partial charge in [0.05, 0.1) is 62.0 Å². The smallest absolute Gasteiger partial charge is 0.315 e. The van der Waals surface area contributed by atoms with Crippen LogP contribution in [0, 0.1) is 0 Å². The van der Waals surface area contributed by atoms with E-state index < -0.39 is 198 Å². The van der Waals surface area contributed by atoms with Crippen molar-refractivity contribution in [2.75, 3.05) is 56.6 Å². The number of ketones is 5. The topological polar surface area (TPSA) is 637 Å². The van der Waals surface area contributed by atoms with Gasteiger partial charge in [-0.15, -0.1) is 0 Å². The number of Topliss-reactive ketones (excluding diaryl/α,β-unsaturated/α-hetero) is 5. The van der Waals surface area contributed by atoms with Crippen LogP contribution in [0.2, 0.25) is 0 Å². The van der Waals surface area contributed by atoms with Crippen molar-refractivity contribution in [1.29, 1.82) is 0 Å². The molecule has 3 aliphatic rings. The highest BCUT2D eigenvalue weighted by Crippen LogP contribution is 2.33. The molecule has 0 bridgehead atoms. The molecule has 0 radical (unpaired) electrons. The summed E-state index contributed by atoms with van der Waals surface area (Å²) in [6.07, 6.45) is 1.59. The second-order valence-electron chi connectivity index (χ2n) is 32.9. The first-order valence-corrected chi connectivity index (χ1v) is 46.9. The number of unbranched alkanes of at least 4 members (excludes halogenated alkanes) is 3. The van der Waals surface area contributed by atoms with Gasteiger partial charge < -0.3 is 112 Å². The molecule has 4 heterocycles. The Kier molecular flexibility index (Phi) is 46.5. The van der Waals surface area contributed by atoms with Gasteiger partial charge in [0.2, 0.25) is 88.1 Å². The van der Waals surface area contributed by atoms with Crippen molar-refractivity contribution in [3.8, 4) is 0 Å². The standard InChI is InChI=1S/C78H108N18O18S2.C12H20N2O2S/c1-43-69(105)86-52(27-15-17-29-79)70(106)91-58(37-63(81)101)75(111)89-54(33-46-19-7-4-8-20-46)72(108)88-55(34-47-21-9-5-10-22-47)73(109)90-57(36-49-38-84-51-26-14-13-25-50(49)51)74(110)87-53(28-16-18-30-80)71(107)94-64(44(2)98)77(113)92-56(35-48-23-11-6-12-24-48)76(112)95-65(45(3)99)78(114)93-59(40-97)67(103)68(104)61(42-116)83-32-31-82-60(41-115)66(102)62(100)39-85-96-43;1-2-8(15)5-3-4-6-10-11-9(7-17-10)13-12(16)14-11/h4-14,19-26,38,43-45,52-61,64-65,82-85,96-99,115-116H,15-18,27-37,39-42,79-80H2,1-3H3,(H2,81,101)(H,86,105)(H,87,110)(H,88,108)(H,89,111)(H,90,109)(H,91,106)(H,92,113)(H,93,114)(H,94,107)(H,95,112);9-11H,2-7H2,1H3,(H2,13,14,16)/t43-,44+,45+,52?,53-,54?,55-,56-,57?,58-,59-,60-,61-,64-,65-;/m0./s1. The number of thiol groups is 2. The van der Waals surface area contributed by atoms with E-state index in [9.17, 15) is 82.4 Å². The fraction of sp³-hybridized carbons (Fsp3) is 0.522. The van der Waals surface area contributed by atoms with E-state index in [2.05, 4.69) is 116 Å². The van der Waals surface area contributed by atoms with Gasteiger partial charge >= 0.3 is 6.03 Å². The van der Waals surface area contributed by atoms with Gasteiger partial charge in [-0.1, -0.05) is 123 Å². The number of aliphatic hydroxyl groups excluding tert-OH is 3. The molecule has 3 aliphatic heterocycles. The van der Waals surface area contributed by atoms with Gasteiger partial charge in [0.25, 0.3) is 0 Å². The third kappa shape index (κ3) is 35.3. The summed E-state index contributed by atoms with van der Waals surface area (Å²) in [5, 5.41) is 71.0. The number of hydrazine groups is 1. The number of carbonyl (C=O) groups is 17. The number of aromatic amines is 1. The van der Waals surface area contributed by atoms with Crippen molar-refractivity contribution in [2.45, 2.75) is 239 Å². The van der Waals surface area contributed by atoms with Crippen molar-refractivity contribution in [1.82, 2.24) is 90.3 Å². The largest absolute Gasteiger partial charge is 0.394 e. The number of para-hydroxylation sites is 1. The lowest BCUT2D eigenvalue weighted by Gasteiger charge is -2.29. The van der Waals surface area contributed by atoms with Crippen LogP contribution in [-0.2, 0) is 102 Å². The first-order chi connectivity index (χ1) is 63.7. The molecule has 40 nitrogen and oxygen atoms in total. The van der Waals surface area contributed by atoms with E-state index in [1.54, 1.807) is 121 Å². The lowest BCUT2D eigenvalue weighted by molar-refractivity contribution is -0.141. The molecule has 4 aromatic carbocycles. The molecular formula is C90H128N20O20S3. The van der Waals surface area contributed by atoms with Gasteiger partial charge in [0.15, 0.2) is 0 Å². The van der Waals surface area contributed by atoms with Crippen LogP contribution in [0.3, 0.4) is 0 Å². The molecule has 43 heteroatoms. The first kappa shape index (κ1) is 109. The number of urea groups is 1. The van der Waals surface area contributed by atoms with Gasteiger partial charge in [-0.3, -0.25) is 76.7 Å². The number of aliphatic hydroxyl groups is 3. The minimum atomic E-state index is -1.97. The van der Waals surface area contributed by atoms with Crippen molar-refractivity contribution in [3.05, 3.63) is 144 Å². The zero-order valence-corrected chi connectivity index (χ0v) is 77.5. The second-order valence-corrected chi connectivity index (χ2v) is 34.9. The third-order valence-corrected chi connectivity index (χ3v) is 24.8. The number of carbonyl (C=O) groups excluding carboxylic acids is 17. The Morgan fingerprint density at radius 1 is 0.466 bits per heavy atom. The van der Waals surface area contributed by atoms with Crippen LogP contribution in [0.25, 0.3) is 10.9 Å². The Bertz CT molecular complexity index is 4740. The molecule has 0 spiro atoms. The number of hydrogen-bond acceptors (Lipinski definition) is 29. The normalized spacial score (nSPS) is 25.7. The van der Waals surface area contributed by atoms with Gasteiger partial charge in [-0.2, -0.15) is 37.0 Å². The summed E-state index contributed by atoms with van der Waals surface area (Å²) < 4.78 is 0. The number of rotatable bonds is 29. The van der Waals surface area contributed by atoms with Gasteiger partial charge in [0, 0.05) is 91.2 Å². The quantitative estimate of drug-likeness (QED) is 0.00952. The average molecular weight is 1910 g/mol. The molecule has 6 unspecified atom stereocenters. The number of H-pyrrole nitrogens is 1. The highest BCUT2D eigenvalue weighted by Gasteiger charge is 2.44. The maximum Gasteiger partial charge on any atom is 0.315 e. The van der Waals surface area contributed by atoms with Crippen molar-refractivity contribution >= 4 is 148 Å². The number of amides is 13. The first-order valence-electron chi connectivity index (χ1n) is 44.6. The van der Waals surface area contributed by atoms with E-state index in [1.165, 1.54) is 6.92 Å². The predicted molar refractivity (Wildman–Crippen MR) is 503 cm³/mol. The molecule has 726 valence electrons. The SMILES string of the molecule is CCC(=O)CCCCC1SCC2NC(=O)NC21.C[C@@H]1NNCC(=O)C(=O)[C@H](CS)NCCN[C@@H](CS)C(=O)C(=O)[C@H](CO)NC(=O)[C@H]([C@@H](C)O)NC(=O)[C@H](Cc2ccccc2)NC(=O)[C@H]([C@@H](C)O)NC(=O)[C@H](CCCCN)NC(=O)C(Cc2c[nH]c3ccccc23)NC(=O)[C@H](Cc2ccccc2)NC(=O)C(Cc2ccccc2)NC(=O)[C@H](CC(N)=O)NC(=O)C(CCCCN)NC1=O. The van der Waals surface area contributed by atoms with Gasteiger partial charge in [-0.25, -0.2) is 15.6 Å². The summed E-state index contributed by atoms with van der Waals surface area (Å²) in [6.45, 7) is 3.70. The van der Waals surface area contributed by atoms with E-state index in [-0.39, 0.29) is 95.1 Å². The Labute approximate surface area is 786 Å². The summed E-state index contributed by atoms with van der Waals surface area (Å²) in [6, 6.07) is 11.5. The highest BCUT2D eigenvalue weighted by molar-refractivity contribution is 8.00. The van der Waals surface area contributed by atoms with Crippen molar-refractivity contribution in [3.63, 3.8) is 0 Å². The summed E-state index contributed by atoms with van der Waals surface area (Å²) in [7, 11) is 0. The number of thioether (sulfide) groups is 1. The second kappa shape index (κ2) is 56.8. The number of nitrogens with one attached hydrogen (secondary N) is 17. The molecule has 26 N–H and O–H groups in total. The predicted octanol–water partition coefficient (Wildman–Crippen LogP) is -3.59. The van der Waals surface area contributed by atoms with Crippen LogP contribution in [-0.4, -0.2) is 285 Å². The molecular weight excluding hydrogens is 1780 g/mol. The fourth-order valence-electron chi connectivity index (χ4n) is 15.0. The number of fused-ring (bicyclic) bond motifs is 2. The number of nitrogens with two attached hydrogens (primary N) is 3. The van der Waals surface area contributed by atoms with E-state index in [4.69, 9.17) is 17.2 Å². The molecule has 3 saturated heterocycles. The molecule has 18 atom stereocenters. The van der Waals surface area contributed by atoms with Crippen LogP contribution in [0.5, 0.6) is 0 Å². The van der Waals surface area contributed by atoms with Crippen molar-refractivity contribution < 1.29 is 96.8 Å². The number of benzene rings is 4. The van der Waals surface area contributed by atoms with Gasteiger partial charge in [0.1, 0.15) is 66.2 Å². The van der Waals surface area contributed by atoms with Crippen LogP contribution >= 0.6 is 37.0 Å². The minimum absolute atomic E-state index is 0.0218. The summed E-state index contributed by atoms with van der Waals surface area (Å²) >= 11 is 10.4. The number of aromatic nitrogens is 1. The molecule has 8 rings (SSSR count). The number of hydrogen-bond donors (Lipinski definition) is 25. The zero-order valence-electron chi connectivity index (χ0n) is 74.9. The maximum atomic E-state index is 15.4. The van der Waals surface area contributed by atoms with Crippen molar-refractivity contribution in [2.24, 2.45) is 17.2 Å². The highest BCUT2D eigenvalue weighted by atomic mass is 32.2. The lowest BCUT2D eigenvalue weighted by atomic mass is 10.00. The average Bonchev–Trinajstić information content (AvgIpc) is 1.62. The monoisotopic (exact) mass is 1900 g/mol. The molecule has 0 aliphatic carbocycles. The minimum Gasteiger partial charge on any atom is -0.394 e. The van der Waals surface area contributed by atoms with E-state index in [1.807, 2.05) is 18.7 Å². The fourth-order valence-corrected chi connectivity index (χ4v) is 17.1. The third-order valence-electron chi connectivity index (χ3n) is 22.5. The lowest BCUT2D eigenvalue weighted by Crippen LogP contribution is -2.63. The molecule has 5 aromatic rings. The van der Waals surface area contributed by atoms with Crippen LogP contribution in [0.1, 0.15) is 127 Å². The van der Waals surface area contributed by atoms with E-state index in [0.29, 0.717) is 82.0 Å². The maximum absolute atomic E-state index is 15.4. The molecule has 13 amide bonds. The summed E-state index contributed by atoms with van der Waals surface area (Å²) in [4.78, 5) is 240. The van der Waals surface area contributed by atoms with Crippen LogP contribution < -0.4 is 102 Å². The van der Waals surface area contributed by atoms with Crippen LogP contribution in [0.15, 0.2) is 121 Å². The Hall–Kier alpha value is -11.1. The molecule has 1 aromatic heterocycles. The van der Waals surface area contributed by atoms with E-state index in [0.717, 1.165) is 38.9 Å². The Balaban J connectivity index is 0.00000126. The Morgan fingerprint density at radius 2 is 0.880 bits per heavy atom. The zero-order chi connectivity index (χ0) is 97.2. The van der Waals surface area contributed by atoms with E-state index >= 15 is 14.4 Å². The summed E-state index contributed by atoms with van der Waals surface area (Å²) in [5.74, 6) is -15.2. The molecule has 133 heavy (non-hydrogen) atoms. The molecule has 0 saturated carbocycles. The molecule has 3 fully saturated rings. The summed E-state index contributed by atoms with van der Waals surface area (Å²) in [5.41, 5.74) is 25.1. The van der Waals surface area contributed by atoms with Crippen LogP contribution in [0.4, 0.5) is 4.79 Å². The Morgan fingerprint density at radius 3 is 1.36 bits per heavy atom.